The fourth-order valence-electron chi connectivity index (χ4n) is 2.44. The van der Waals surface area contributed by atoms with E-state index < -0.39 is 15.9 Å². The van der Waals surface area contributed by atoms with E-state index in [4.69, 9.17) is 14.6 Å². The Balaban J connectivity index is 2.26. The largest absolute Gasteiger partial charge is 0.490 e. The van der Waals surface area contributed by atoms with Crippen LogP contribution in [0.1, 0.15) is 36.2 Å². The summed E-state index contributed by atoms with van der Waals surface area (Å²) in [6.07, 6.45) is 0.855. The van der Waals surface area contributed by atoms with E-state index >= 15 is 0 Å². The van der Waals surface area contributed by atoms with Crippen molar-refractivity contribution in [3.63, 3.8) is 0 Å². The summed E-state index contributed by atoms with van der Waals surface area (Å²) in [5.74, 6) is 0.650. The summed E-state index contributed by atoms with van der Waals surface area (Å²) >= 11 is 0. The van der Waals surface area contributed by atoms with Gasteiger partial charge in [-0.05, 0) is 56.2 Å². The lowest BCUT2D eigenvalue weighted by atomic mass is 10.1. The molecule has 0 aliphatic rings. The summed E-state index contributed by atoms with van der Waals surface area (Å²) in [7, 11) is -3.87. The third kappa shape index (κ3) is 5.45. The number of ether oxygens (including phenoxy) is 2. The highest BCUT2D eigenvalue weighted by molar-refractivity contribution is 7.89. The summed E-state index contributed by atoms with van der Waals surface area (Å²) in [4.78, 5) is 12.5. The maximum absolute atomic E-state index is 12.6. The van der Waals surface area contributed by atoms with Crippen LogP contribution in [0.2, 0.25) is 0 Å². The van der Waals surface area contributed by atoms with Crippen LogP contribution < -0.4 is 19.9 Å². The number of benzene rings is 2. The molecule has 2 rings (SSSR count). The van der Waals surface area contributed by atoms with E-state index in [9.17, 15) is 13.2 Å². The molecule has 0 bridgehead atoms. The van der Waals surface area contributed by atoms with Crippen LogP contribution in [0.5, 0.6) is 11.5 Å². The first-order valence-corrected chi connectivity index (χ1v) is 10.1. The summed E-state index contributed by atoms with van der Waals surface area (Å²) in [6.45, 7) is 6.46. The van der Waals surface area contributed by atoms with Crippen molar-refractivity contribution in [2.45, 2.75) is 32.1 Å². The van der Waals surface area contributed by atoms with Crippen LogP contribution in [-0.4, -0.2) is 27.5 Å². The molecule has 2 aromatic carbocycles. The average Bonchev–Trinajstić information content (AvgIpc) is 2.61. The van der Waals surface area contributed by atoms with E-state index in [0.717, 1.165) is 6.42 Å². The Morgan fingerprint density at radius 3 is 2.44 bits per heavy atom. The zero-order chi connectivity index (χ0) is 20.0. The number of aryl methyl sites for hydroxylation is 1. The fourth-order valence-corrected chi connectivity index (χ4v) is 3.24. The highest BCUT2D eigenvalue weighted by atomic mass is 32.2. The molecule has 0 heterocycles. The molecule has 1 amide bonds. The monoisotopic (exact) mass is 392 g/mol. The van der Waals surface area contributed by atoms with Crippen LogP contribution in [0.25, 0.3) is 0 Å². The minimum absolute atomic E-state index is 0.0291. The van der Waals surface area contributed by atoms with Gasteiger partial charge in [0, 0.05) is 11.3 Å². The molecule has 2 aromatic rings. The molecule has 146 valence electrons. The first kappa shape index (κ1) is 20.7. The van der Waals surface area contributed by atoms with E-state index in [2.05, 4.69) is 5.32 Å². The second kappa shape index (κ2) is 8.88. The quantitative estimate of drug-likeness (QED) is 0.718. The lowest BCUT2D eigenvalue weighted by Gasteiger charge is -2.13. The zero-order valence-electron chi connectivity index (χ0n) is 15.6. The standard InChI is InChI=1S/C19H24N2O5S/c1-4-10-26-16-9-7-14(11-17(16)25-5-2)19(22)21-15-8-6-13(3)18(12-15)27(20,23)24/h6-9,11-12H,4-5,10H2,1-3H3,(H,21,22)(H2,20,23,24). The van der Waals surface area contributed by atoms with Crippen molar-refractivity contribution < 1.29 is 22.7 Å². The van der Waals surface area contributed by atoms with Crippen LogP contribution in [0.3, 0.4) is 0 Å². The van der Waals surface area contributed by atoms with E-state index in [1.54, 1.807) is 37.3 Å². The van der Waals surface area contributed by atoms with Gasteiger partial charge in [-0.3, -0.25) is 4.79 Å². The highest BCUT2D eigenvalue weighted by Crippen LogP contribution is 2.29. The van der Waals surface area contributed by atoms with Crippen molar-refractivity contribution in [2.75, 3.05) is 18.5 Å². The lowest BCUT2D eigenvalue weighted by molar-refractivity contribution is 0.102. The molecule has 0 aliphatic carbocycles. The summed E-state index contributed by atoms with van der Waals surface area (Å²) in [6, 6.07) is 9.44. The Hall–Kier alpha value is -2.58. The van der Waals surface area contributed by atoms with Gasteiger partial charge in [-0.2, -0.15) is 0 Å². The zero-order valence-corrected chi connectivity index (χ0v) is 16.4. The van der Waals surface area contributed by atoms with Crippen molar-refractivity contribution in [3.8, 4) is 11.5 Å². The maximum Gasteiger partial charge on any atom is 0.255 e. The van der Waals surface area contributed by atoms with Crippen molar-refractivity contribution in [1.82, 2.24) is 0 Å². The Labute approximate surface area is 159 Å². The van der Waals surface area contributed by atoms with E-state index in [-0.39, 0.29) is 4.90 Å². The Bertz CT molecular complexity index is 926. The van der Waals surface area contributed by atoms with Gasteiger partial charge in [-0.1, -0.05) is 13.0 Å². The van der Waals surface area contributed by atoms with E-state index in [1.165, 1.54) is 6.07 Å². The first-order valence-electron chi connectivity index (χ1n) is 8.60. The third-order valence-corrected chi connectivity index (χ3v) is 4.77. The van der Waals surface area contributed by atoms with Crippen molar-refractivity contribution in [2.24, 2.45) is 5.14 Å². The second-order valence-corrected chi connectivity index (χ2v) is 7.45. The number of nitrogens with two attached hydrogens (primary N) is 1. The molecule has 27 heavy (non-hydrogen) atoms. The summed E-state index contributed by atoms with van der Waals surface area (Å²) < 4.78 is 34.4. The van der Waals surface area contributed by atoms with Crippen LogP contribution in [0, 0.1) is 6.92 Å². The number of hydrogen-bond donors (Lipinski definition) is 2. The number of amides is 1. The number of hydrogen-bond acceptors (Lipinski definition) is 5. The number of rotatable bonds is 8. The van der Waals surface area contributed by atoms with Crippen LogP contribution in [0.15, 0.2) is 41.3 Å². The molecule has 0 saturated carbocycles. The predicted molar refractivity (Wildman–Crippen MR) is 104 cm³/mol. The van der Waals surface area contributed by atoms with E-state index in [1.807, 2.05) is 13.8 Å². The molecule has 0 fully saturated rings. The smallest absolute Gasteiger partial charge is 0.255 e. The summed E-state index contributed by atoms with van der Waals surface area (Å²) in [5, 5.41) is 7.88. The van der Waals surface area contributed by atoms with Crippen molar-refractivity contribution in [3.05, 3.63) is 47.5 Å². The molecule has 0 radical (unpaired) electrons. The molecule has 0 atom stereocenters. The Kier molecular flexibility index (Phi) is 6.81. The lowest BCUT2D eigenvalue weighted by Crippen LogP contribution is -2.16. The van der Waals surface area contributed by atoms with Gasteiger partial charge in [-0.25, -0.2) is 13.6 Å². The average molecular weight is 392 g/mol. The second-order valence-electron chi connectivity index (χ2n) is 5.92. The maximum atomic E-state index is 12.6. The molecular formula is C19H24N2O5S. The molecule has 0 unspecified atom stereocenters. The molecule has 0 aliphatic heterocycles. The number of primary sulfonamides is 1. The van der Waals surface area contributed by atoms with Gasteiger partial charge in [0.05, 0.1) is 18.1 Å². The SMILES string of the molecule is CCCOc1ccc(C(=O)Nc2ccc(C)c(S(N)(=O)=O)c2)cc1OCC. The van der Waals surface area contributed by atoms with Gasteiger partial charge in [-0.15, -0.1) is 0 Å². The number of carbonyl (C=O) groups excluding carboxylic acids is 1. The number of carbonyl (C=O) groups is 1. The molecule has 8 heteroatoms. The van der Waals surface area contributed by atoms with Crippen molar-refractivity contribution in [1.29, 1.82) is 0 Å². The van der Waals surface area contributed by atoms with Crippen LogP contribution in [-0.2, 0) is 10.0 Å². The predicted octanol–water partition coefficient (Wildman–Crippen LogP) is 3.08. The topological polar surface area (TPSA) is 108 Å². The highest BCUT2D eigenvalue weighted by Gasteiger charge is 2.15. The van der Waals surface area contributed by atoms with Crippen LogP contribution in [0.4, 0.5) is 5.69 Å². The number of anilines is 1. The molecule has 0 aromatic heterocycles. The van der Waals surface area contributed by atoms with Gasteiger partial charge in [0.15, 0.2) is 11.5 Å². The minimum Gasteiger partial charge on any atom is -0.490 e. The Morgan fingerprint density at radius 1 is 1.07 bits per heavy atom. The van der Waals surface area contributed by atoms with Crippen LogP contribution >= 0.6 is 0 Å². The van der Waals surface area contributed by atoms with Gasteiger partial charge < -0.3 is 14.8 Å². The third-order valence-electron chi connectivity index (χ3n) is 3.72. The van der Waals surface area contributed by atoms with Gasteiger partial charge in [0.25, 0.3) is 5.91 Å². The first-order chi connectivity index (χ1) is 12.8. The normalized spacial score (nSPS) is 11.1. The Morgan fingerprint density at radius 2 is 1.81 bits per heavy atom. The van der Waals surface area contributed by atoms with E-state index in [0.29, 0.717) is 41.5 Å². The molecule has 0 spiro atoms. The molecular weight excluding hydrogens is 368 g/mol. The molecule has 7 nitrogen and oxygen atoms in total. The van der Waals surface area contributed by atoms with Gasteiger partial charge in [0.1, 0.15) is 0 Å². The number of sulfonamides is 1. The summed E-state index contributed by atoms with van der Waals surface area (Å²) in [5.41, 5.74) is 1.20. The fraction of sp³-hybridized carbons (Fsp3) is 0.316. The minimum atomic E-state index is -3.87. The number of nitrogens with one attached hydrogen (secondary N) is 1. The molecule has 3 N–H and O–H groups in total. The molecule has 0 saturated heterocycles. The van der Waals surface area contributed by atoms with Gasteiger partial charge >= 0.3 is 0 Å². The van der Waals surface area contributed by atoms with Gasteiger partial charge in [0.2, 0.25) is 10.0 Å². The van der Waals surface area contributed by atoms with Crippen molar-refractivity contribution >= 4 is 21.6 Å².